The van der Waals surface area contributed by atoms with E-state index >= 15 is 0 Å². The Morgan fingerprint density at radius 1 is 1.13 bits per heavy atom. The summed E-state index contributed by atoms with van der Waals surface area (Å²) in [5.74, 6) is 1.46. The molecule has 0 radical (unpaired) electrons. The number of carbonyl (C=O) groups is 1. The van der Waals surface area contributed by atoms with Crippen LogP contribution in [-0.4, -0.2) is 28.3 Å². The van der Waals surface area contributed by atoms with E-state index in [-0.39, 0.29) is 5.97 Å². The molecule has 0 bridgehead atoms. The van der Waals surface area contributed by atoms with Crippen LogP contribution < -0.4 is 0 Å². The number of unbranched alkanes of at least 4 members (excludes halogenated alkanes) is 2. The predicted molar refractivity (Wildman–Crippen MR) is 63.3 cm³/mol. The standard InChI is InChI=1S/C11H22O3S/c1-3-9-15(13)10-7-5-6-8-11(12)14-4-2/h3-10H2,1-2H3. The van der Waals surface area contributed by atoms with Crippen LogP contribution in [0, 0.1) is 0 Å². The molecule has 0 saturated heterocycles. The van der Waals surface area contributed by atoms with E-state index in [1.165, 1.54) is 0 Å². The molecule has 0 amide bonds. The highest BCUT2D eigenvalue weighted by Gasteiger charge is 2.02. The van der Waals surface area contributed by atoms with E-state index in [4.69, 9.17) is 4.74 Å². The second kappa shape index (κ2) is 10.1. The lowest BCUT2D eigenvalue weighted by Crippen LogP contribution is -2.04. The van der Waals surface area contributed by atoms with Gasteiger partial charge in [-0.3, -0.25) is 9.00 Å². The SMILES string of the molecule is CCCS(=O)CCCCCC(=O)OCC. The number of hydrogen-bond acceptors (Lipinski definition) is 3. The Balaban J connectivity index is 3.24. The maximum Gasteiger partial charge on any atom is 0.305 e. The first-order chi connectivity index (χ1) is 7.20. The third-order valence-electron chi connectivity index (χ3n) is 1.99. The van der Waals surface area contributed by atoms with Crippen LogP contribution in [0.1, 0.15) is 46.0 Å². The summed E-state index contributed by atoms with van der Waals surface area (Å²) in [5, 5.41) is 0. The van der Waals surface area contributed by atoms with E-state index in [0.29, 0.717) is 13.0 Å². The topological polar surface area (TPSA) is 43.4 Å². The van der Waals surface area contributed by atoms with Crippen molar-refractivity contribution in [3.63, 3.8) is 0 Å². The summed E-state index contributed by atoms with van der Waals surface area (Å²) >= 11 is 0. The first-order valence-electron chi connectivity index (χ1n) is 5.71. The van der Waals surface area contributed by atoms with Gasteiger partial charge in [0.05, 0.1) is 6.61 Å². The number of esters is 1. The van der Waals surface area contributed by atoms with Crippen molar-refractivity contribution in [1.29, 1.82) is 0 Å². The third-order valence-corrected chi connectivity index (χ3v) is 3.60. The molecule has 90 valence electrons. The van der Waals surface area contributed by atoms with Crippen LogP contribution in [0.2, 0.25) is 0 Å². The summed E-state index contributed by atoms with van der Waals surface area (Å²) in [6, 6.07) is 0. The van der Waals surface area contributed by atoms with E-state index in [1.54, 1.807) is 0 Å². The molecular weight excluding hydrogens is 212 g/mol. The van der Waals surface area contributed by atoms with Crippen molar-refractivity contribution in [1.82, 2.24) is 0 Å². The maximum atomic E-state index is 11.3. The monoisotopic (exact) mass is 234 g/mol. The lowest BCUT2D eigenvalue weighted by molar-refractivity contribution is -0.143. The Bertz CT molecular complexity index is 172. The zero-order valence-corrected chi connectivity index (χ0v) is 10.6. The smallest absolute Gasteiger partial charge is 0.305 e. The molecule has 0 saturated carbocycles. The normalized spacial score (nSPS) is 12.4. The van der Waals surface area contributed by atoms with Crippen molar-refractivity contribution >= 4 is 16.8 Å². The summed E-state index contributed by atoms with van der Waals surface area (Å²) in [6.45, 7) is 4.31. The first-order valence-corrected chi connectivity index (χ1v) is 7.20. The first kappa shape index (κ1) is 14.6. The van der Waals surface area contributed by atoms with Crippen LogP contribution in [0.5, 0.6) is 0 Å². The molecule has 0 aliphatic carbocycles. The molecule has 0 N–H and O–H groups in total. The van der Waals surface area contributed by atoms with Gasteiger partial charge in [-0.1, -0.05) is 13.3 Å². The molecule has 0 heterocycles. The van der Waals surface area contributed by atoms with Crippen molar-refractivity contribution in [3.8, 4) is 0 Å². The van der Waals surface area contributed by atoms with E-state index < -0.39 is 10.8 Å². The fraction of sp³-hybridized carbons (Fsp3) is 0.909. The molecular formula is C11H22O3S. The van der Waals surface area contributed by atoms with Crippen molar-refractivity contribution < 1.29 is 13.7 Å². The summed E-state index contributed by atoms with van der Waals surface area (Å²) in [4.78, 5) is 11.0. The van der Waals surface area contributed by atoms with Gasteiger partial charge in [0.2, 0.25) is 0 Å². The molecule has 0 rings (SSSR count). The fourth-order valence-corrected chi connectivity index (χ4v) is 2.46. The average Bonchev–Trinajstić information content (AvgIpc) is 2.18. The lowest BCUT2D eigenvalue weighted by Gasteiger charge is -2.02. The Hall–Kier alpha value is -0.380. The van der Waals surface area contributed by atoms with Crippen LogP contribution in [0.3, 0.4) is 0 Å². The molecule has 0 aromatic rings. The zero-order valence-electron chi connectivity index (χ0n) is 9.79. The number of rotatable bonds is 9. The van der Waals surface area contributed by atoms with Gasteiger partial charge < -0.3 is 4.74 Å². The fourth-order valence-electron chi connectivity index (χ4n) is 1.27. The molecule has 4 heteroatoms. The van der Waals surface area contributed by atoms with Gasteiger partial charge in [-0.05, 0) is 26.2 Å². The van der Waals surface area contributed by atoms with Crippen LogP contribution in [-0.2, 0) is 20.3 Å². The molecule has 1 atom stereocenters. The van der Waals surface area contributed by atoms with Crippen molar-refractivity contribution in [2.75, 3.05) is 18.1 Å². The molecule has 0 aromatic carbocycles. The molecule has 0 spiro atoms. The minimum Gasteiger partial charge on any atom is -0.466 e. The van der Waals surface area contributed by atoms with Crippen LogP contribution in [0.25, 0.3) is 0 Å². The molecule has 0 aliphatic rings. The second-order valence-corrected chi connectivity index (χ2v) is 5.16. The van der Waals surface area contributed by atoms with Gasteiger partial charge in [-0.15, -0.1) is 0 Å². The molecule has 15 heavy (non-hydrogen) atoms. The quantitative estimate of drug-likeness (QED) is 0.454. The zero-order chi connectivity index (χ0) is 11.5. The largest absolute Gasteiger partial charge is 0.466 e. The van der Waals surface area contributed by atoms with E-state index in [0.717, 1.165) is 37.2 Å². The average molecular weight is 234 g/mol. The van der Waals surface area contributed by atoms with Crippen LogP contribution in [0.15, 0.2) is 0 Å². The summed E-state index contributed by atoms with van der Waals surface area (Å²) in [7, 11) is -0.654. The highest BCUT2D eigenvalue weighted by molar-refractivity contribution is 7.84. The van der Waals surface area contributed by atoms with Gasteiger partial charge in [0, 0.05) is 28.7 Å². The van der Waals surface area contributed by atoms with Crippen LogP contribution >= 0.6 is 0 Å². The minimum atomic E-state index is -0.654. The molecule has 0 fully saturated rings. The van der Waals surface area contributed by atoms with Gasteiger partial charge in [0.25, 0.3) is 0 Å². The lowest BCUT2D eigenvalue weighted by atomic mass is 10.2. The second-order valence-electron chi connectivity index (χ2n) is 3.46. The minimum absolute atomic E-state index is 0.118. The number of ether oxygens (including phenoxy) is 1. The molecule has 0 aromatic heterocycles. The maximum absolute atomic E-state index is 11.3. The Labute approximate surface area is 95.0 Å². The van der Waals surface area contributed by atoms with E-state index in [1.807, 2.05) is 13.8 Å². The number of hydrogen-bond donors (Lipinski definition) is 0. The summed E-state index contributed by atoms with van der Waals surface area (Å²) < 4.78 is 16.1. The summed E-state index contributed by atoms with van der Waals surface area (Å²) in [6.07, 6.45) is 4.24. The molecule has 0 aliphatic heterocycles. The van der Waals surface area contributed by atoms with Gasteiger partial charge in [0.15, 0.2) is 0 Å². The Kier molecular flexibility index (Phi) is 9.89. The summed E-state index contributed by atoms with van der Waals surface area (Å²) in [5.41, 5.74) is 0. The van der Waals surface area contributed by atoms with Crippen molar-refractivity contribution in [2.24, 2.45) is 0 Å². The molecule has 1 unspecified atom stereocenters. The van der Waals surface area contributed by atoms with Crippen LogP contribution in [0.4, 0.5) is 0 Å². The van der Waals surface area contributed by atoms with Gasteiger partial charge in [-0.25, -0.2) is 0 Å². The van der Waals surface area contributed by atoms with Gasteiger partial charge in [-0.2, -0.15) is 0 Å². The number of carbonyl (C=O) groups excluding carboxylic acids is 1. The third kappa shape index (κ3) is 9.91. The Morgan fingerprint density at radius 2 is 1.87 bits per heavy atom. The molecule has 3 nitrogen and oxygen atoms in total. The van der Waals surface area contributed by atoms with Crippen molar-refractivity contribution in [2.45, 2.75) is 46.0 Å². The van der Waals surface area contributed by atoms with E-state index in [9.17, 15) is 9.00 Å². The van der Waals surface area contributed by atoms with E-state index in [2.05, 4.69) is 0 Å². The Morgan fingerprint density at radius 3 is 2.47 bits per heavy atom. The van der Waals surface area contributed by atoms with Gasteiger partial charge >= 0.3 is 5.97 Å². The van der Waals surface area contributed by atoms with Crippen molar-refractivity contribution in [3.05, 3.63) is 0 Å². The van der Waals surface area contributed by atoms with Gasteiger partial charge in [0.1, 0.15) is 0 Å². The highest BCUT2D eigenvalue weighted by Crippen LogP contribution is 2.03. The highest BCUT2D eigenvalue weighted by atomic mass is 32.2. The predicted octanol–water partition coefficient (Wildman–Crippen LogP) is 2.27.